The van der Waals surface area contributed by atoms with Gasteiger partial charge in [0.1, 0.15) is 43.1 Å². The molecule has 6 heterocycles. The standard InChI is InChI=1S/C60H74N12O19P2S2/c1-34(2)42(26-39(73)11-5-4-8-23-71-48(75)18-19-49(71)76)55(79)66-43(13-9-21-63-58(61)81)44(74)24-35-14-16-36(17-15-35)29-85-60(82)70(3)28-37-10-6-7-12-41(37)54(78)68-59-67-53-50(56(80)69-59)65-33-72(53)57-52-51(77)46(89-57)31-87-92(83,94)90-45-27-40(88-47-20-22-62-32-64-47)25-38(45)30-86-93(84,95)91-52/h6-7,10,12,14-20,22,32-34,38,40,42-43,45-46,51-52,57,77H,4-5,8-9,11,13,21,23-31H2,1-3H3,(H,66,79)(H,83,94)(H,84,95)(H3,61,63,81)(H2,67,68,69,78,80)/t38-,40-,42+,43+,45+,46-,51-,52-,57-,92?,93?/m1/s1. The summed E-state index contributed by atoms with van der Waals surface area (Å²) in [4.78, 5) is 150. The number of hydrogen-bond acceptors (Lipinski definition) is 23. The molecule has 7 amide bonds. The van der Waals surface area contributed by atoms with Crippen molar-refractivity contribution in [2.24, 2.45) is 23.5 Å². The first-order chi connectivity index (χ1) is 45.3. The van der Waals surface area contributed by atoms with E-state index in [1.807, 2.05) is 13.8 Å². The van der Waals surface area contributed by atoms with Gasteiger partial charge in [-0.15, -0.1) is 0 Å². The van der Waals surface area contributed by atoms with Gasteiger partial charge in [0.2, 0.25) is 17.7 Å². The van der Waals surface area contributed by atoms with Gasteiger partial charge >= 0.3 is 25.6 Å². The number of Topliss-reactive ketones (excluding diaryl/α,β-unsaturated/α-hetero) is 2. The van der Waals surface area contributed by atoms with Gasteiger partial charge in [-0.1, -0.05) is 75.0 Å². The zero-order chi connectivity index (χ0) is 68.1. The Bertz CT molecular complexity index is 3810. The number of primary amides is 1. The molecule has 95 heavy (non-hydrogen) atoms. The highest BCUT2D eigenvalue weighted by atomic mass is 32.7. The average molecular weight is 1390 g/mol. The number of urea groups is 1. The molecule has 1 saturated carbocycles. The lowest BCUT2D eigenvalue weighted by Gasteiger charge is -2.27. The van der Waals surface area contributed by atoms with E-state index in [-0.39, 0.29) is 123 Å². The van der Waals surface area contributed by atoms with Gasteiger partial charge in [0.05, 0.1) is 31.7 Å². The molecule has 9 rings (SSSR count). The summed E-state index contributed by atoms with van der Waals surface area (Å²) in [5.41, 5.74) is 5.64. The van der Waals surface area contributed by atoms with E-state index >= 15 is 0 Å². The summed E-state index contributed by atoms with van der Waals surface area (Å²) < 4.78 is 56.3. The fourth-order valence-electron chi connectivity index (χ4n) is 11.3. The number of nitrogens with zero attached hydrogens (tertiary/aromatic N) is 7. The van der Waals surface area contributed by atoms with Crippen LogP contribution in [0, 0.1) is 17.8 Å². The zero-order valence-corrected chi connectivity index (χ0v) is 55.5. The van der Waals surface area contributed by atoms with Crippen molar-refractivity contribution in [2.75, 3.05) is 38.7 Å². The molecule has 5 aromatic rings. The first-order valence-electron chi connectivity index (χ1n) is 30.6. The van der Waals surface area contributed by atoms with Gasteiger partial charge in [-0.05, 0) is 72.6 Å². The number of aliphatic hydroxyl groups excluding tert-OH is 1. The van der Waals surface area contributed by atoms with E-state index in [1.54, 1.807) is 48.5 Å². The Morgan fingerprint density at radius 3 is 2.41 bits per heavy atom. The lowest BCUT2D eigenvalue weighted by atomic mass is 9.88. The number of aromatic amines is 1. The number of nitrogens with two attached hydrogens (primary N) is 1. The smallest absolute Gasteiger partial charge is 0.410 e. The second-order valence-electron chi connectivity index (χ2n) is 23.6. The van der Waals surface area contributed by atoms with Crippen molar-refractivity contribution >= 4 is 102 Å². The second kappa shape index (κ2) is 32.4. The van der Waals surface area contributed by atoms with Crippen LogP contribution in [0.3, 0.4) is 0 Å². The fourth-order valence-corrected chi connectivity index (χ4v) is 14.3. The summed E-state index contributed by atoms with van der Waals surface area (Å²) in [5.74, 6) is -4.01. The normalized spacial score (nSPS) is 24.2. The second-order valence-corrected chi connectivity index (χ2v) is 29.3. The van der Waals surface area contributed by atoms with Gasteiger partial charge in [0.15, 0.2) is 23.2 Å². The average Bonchev–Trinajstić information content (AvgIpc) is 1.62. The summed E-state index contributed by atoms with van der Waals surface area (Å²) in [7, 11) is 1.46. The number of amides is 7. The van der Waals surface area contributed by atoms with Crippen molar-refractivity contribution in [3.05, 3.63) is 118 Å². The maximum atomic E-state index is 14.1. The molecule has 4 aliphatic rings. The van der Waals surface area contributed by atoms with Crippen LogP contribution in [0.5, 0.6) is 5.88 Å². The summed E-state index contributed by atoms with van der Waals surface area (Å²) >= 11 is 9.62. The molecule has 8 N–H and O–H groups in total. The van der Waals surface area contributed by atoms with E-state index in [4.69, 9.17) is 49.8 Å². The Kier molecular flexibility index (Phi) is 24.4. The van der Waals surface area contributed by atoms with E-state index in [0.717, 1.165) is 11.2 Å². The number of ketones is 2. The highest BCUT2D eigenvalue weighted by molar-refractivity contribution is 8.44. The van der Waals surface area contributed by atoms with Crippen molar-refractivity contribution in [3.63, 3.8) is 0 Å². The molecule has 1 aliphatic carbocycles. The zero-order valence-electron chi connectivity index (χ0n) is 52.0. The SMILES string of the molecule is CC(C)[C@H](CC(=O)CCCCCN1C(=O)C=CC1=O)C(=O)N[C@@H](CCCNC(N)=O)C(=O)Cc1ccc(COC(=O)N(C)Cc2ccccc2C(=O)Nc2nc3c(ncn3[C@@H]3O[C@@H]4COP(O)(=S)O[C@H]5C[C@H](Oc6ccncn6)C[C@@H]5COP(=O)(S)O[C@@H]3[C@@H]4O)c(=O)[nH]2)cc1. The van der Waals surface area contributed by atoms with Crippen molar-refractivity contribution in [3.8, 4) is 5.88 Å². The molecular formula is C60H74N12O19P2S2. The summed E-state index contributed by atoms with van der Waals surface area (Å²) in [6, 6.07) is 12.9. The van der Waals surface area contributed by atoms with Crippen LogP contribution in [0.15, 0.2) is 90.4 Å². The molecule has 3 fully saturated rings. The van der Waals surface area contributed by atoms with Crippen LogP contribution in [0.1, 0.15) is 105 Å². The molecular weight excluding hydrogens is 1320 g/mol. The Labute approximate surface area is 554 Å². The number of rotatable bonds is 27. The molecule has 3 aliphatic heterocycles. The van der Waals surface area contributed by atoms with Crippen LogP contribution < -0.4 is 32.0 Å². The monoisotopic (exact) mass is 1390 g/mol. The number of thiol groups is 1. The number of fused-ring (bicyclic) bond motifs is 4. The molecule has 0 radical (unpaired) electrons. The van der Waals surface area contributed by atoms with E-state index in [2.05, 4.69) is 53.1 Å². The third-order valence-corrected chi connectivity index (χ3v) is 19.5. The first-order valence-corrected chi connectivity index (χ1v) is 35.9. The Morgan fingerprint density at radius 1 is 0.937 bits per heavy atom. The molecule has 3 aromatic heterocycles. The molecule has 2 aromatic carbocycles. The van der Waals surface area contributed by atoms with Gasteiger partial charge in [-0.25, -0.2) is 29.1 Å². The summed E-state index contributed by atoms with van der Waals surface area (Å²) in [6.07, 6.45) is 1.07. The Morgan fingerprint density at radius 2 is 1.68 bits per heavy atom. The van der Waals surface area contributed by atoms with Gasteiger partial charge < -0.3 is 59.0 Å². The molecule has 11 atom stereocenters. The van der Waals surface area contributed by atoms with E-state index in [9.17, 15) is 57.7 Å². The topological polar surface area (TPSA) is 417 Å². The van der Waals surface area contributed by atoms with Crippen LogP contribution in [-0.4, -0.2) is 167 Å². The highest BCUT2D eigenvalue weighted by Crippen LogP contribution is 2.59. The summed E-state index contributed by atoms with van der Waals surface area (Å²) in [6.45, 7) is -5.54. The van der Waals surface area contributed by atoms with Crippen LogP contribution in [0.2, 0.25) is 0 Å². The Balaban J connectivity index is 0.785. The number of nitrogens with one attached hydrogen (secondary N) is 4. The van der Waals surface area contributed by atoms with Crippen LogP contribution >= 0.6 is 25.8 Å². The van der Waals surface area contributed by atoms with Crippen molar-refractivity contribution in [1.29, 1.82) is 0 Å². The minimum atomic E-state index is -4.38. The third kappa shape index (κ3) is 19.5. The third-order valence-electron chi connectivity index (χ3n) is 16.3. The predicted octanol–water partition coefficient (Wildman–Crippen LogP) is 4.88. The predicted molar refractivity (Wildman–Crippen MR) is 344 cm³/mol. The van der Waals surface area contributed by atoms with Crippen molar-refractivity contribution in [1.82, 2.24) is 49.9 Å². The number of aromatic nitrogens is 6. The fraction of sp³-hybridized carbons (Fsp3) is 0.483. The lowest BCUT2D eigenvalue weighted by molar-refractivity contribution is -0.137. The number of unbranched alkanes of at least 4 members (excludes halogenated alkanes) is 2. The number of imide groups is 1. The molecule has 2 bridgehead atoms. The highest BCUT2D eigenvalue weighted by Gasteiger charge is 2.51. The summed E-state index contributed by atoms with van der Waals surface area (Å²) in [5, 5.41) is 19.5. The van der Waals surface area contributed by atoms with Crippen molar-refractivity contribution < 1.29 is 85.2 Å². The number of benzene rings is 2. The van der Waals surface area contributed by atoms with Gasteiger partial charge in [-0.3, -0.25) is 57.9 Å². The Hall–Kier alpha value is -7.68. The molecule has 2 saturated heterocycles. The number of hydrogen-bond donors (Lipinski definition) is 8. The minimum Gasteiger partial charge on any atom is -0.474 e. The lowest BCUT2D eigenvalue weighted by Crippen LogP contribution is -2.46. The molecule has 31 nitrogen and oxygen atoms in total. The van der Waals surface area contributed by atoms with Gasteiger partial charge in [-0.2, -0.15) is 4.98 Å². The van der Waals surface area contributed by atoms with Crippen LogP contribution in [0.4, 0.5) is 15.5 Å². The first kappa shape index (κ1) is 71.6. The number of carbonyl (C=O) groups is 8. The maximum Gasteiger partial charge on any atom is 0.410 e. The largest absolute Gasteiger partial charge is 0.474 e. The molecule has 35 heteroatoms. The maximum absolute atomic E-state index is 14.1. The number of aliphatic hydroxyl groups is 1. The van der Waals surface area contributed by atoms with E-state index in [0.29, 0.717) is 48.3 Å². The number of carbonyl (C=O) groups excluding carboxylic acids is 8. The number of imidazole rings is 1. The van der Waals surface area contributed by atoms with Crippen LogP contribution in [0.25, 0.3) is 11.2 Å². The van der Waals surface area contributed by atoms with Gasteiger partial charge in [0, 0.05) is 94.2 Å². The van der Waals surface area contributed by atoms with Crippen molar-refractivity contribution in [2.45, 2.75) is 134 Å². The number of ether oxygens (including phenoxy) is 3. The minimum absolute atomic E-state index is 0.0491. The van der Waals surface area contributed by atoms with Crippen LogP contribution in [-0.2, 0) is 87.5 Å². The molecule has 2 unspecified atom stereocenters. The quantitative estimate of drug-likeness (QED) is 0.0150. The van der Waals surface area contributed by atoms with E-state index in [1.165, 1.54) is 47.3 Å². The molecule has 510 valence electrons. The number of anilines is 1. The molecule has 0 spiro atoms. The number of H-pyrrole nitrogens is 1. The van der Waals surface area contributed by atoms with E-state index < -0.39 is 104 Å². The van der Waals surface area contributed by atoms with Gasteiger partial charge in [0.25, 0.3) is 23.3 Å².